The Morgan fingerprint density at radius 3 is 2.55 bits per heavy atom. The van der Waals surface area contributed by atoms with Gasteiger partial charge in [-0.1, -0.05) is 26.8 Å². The molecule has 2 nitrogen and oxygen atoms in total. The molecule has 1 amide bonds. The fraction of sp³-hybridized carbons (Fsp3) is 0.667. The van der Waals surface area contributed by atoms with E-state index >= 15 is 0 Å². The zero-order chi connectivity index (χ0) is 8.85. The minimum absolute atomic E-state index is 0.367. The molecule has 0 aliphatic heterocycles. The maximum atomic E-state index is 10.5. The first kappa shape index (κ1) is 10.2. The van der Waals surface area contributed by atoms with E-state index in [9.17, 15) is 4.79 Å². The minimum atomic E-state index is -0.367. The van der Waals surface area contributed by atoms with Crippen molar-refractivity contribution in [1.29, 1.82) is 0 Å². The molecule has 0 saturated carbocycles. The van der Waals surface area contributed by atoms with Gasteiger partial charge < -0.3 is 5.73 Å². The van der Waals surface area contributed by atoms with Crippen LogP contribution in [0.1, 0.15) is 33.1 Å². The lowest BCUT2D eigenvalue weighted by atomic mass is 10.00. The molecule has 0 aromatic carbocycles. The first-order valence-corrected chi connectivity index (χ1v) is 4.05. The number of carbonyl (C=O) groups is 1. The van der Waals surface area contributed by atoms with Crippen molar-refractivity contribution >= 4 is 5.91 Å². The fourth-order valence-corrected chi connectivity index (χ4v) is 0.748. The van der Waals surface area contributed by atoms with E-state index in [2.05, 4.69) is 20.4 Å². The molecule has 0 radical (unpaired) electrons. The van der Waals surface area contributed by atoms with Crippen molar-refractivity contribution < 1.29 is 4.79 Å². The first-order chi connectivity index (χ1) is 5.07. The average Bonchev–Trinajstić information content (AvgIpc) is 1.99. The highest BCUT2D eigenvalue weighted by atomic mass is 16.1. The molecule has 0 fully saturated rings. The van der Waals surface area contributed by atoms with E-state index in [0.717, 1.165) is 19.3 Å². The van der Waals surface area contributed by atoms with Gasteiger partial charge in [0.2, 0.25) is 5.91 Å². The second kappa shape index (κ2) is 4.94. The molecule has 2 heteroatoms. The maximum absolute atomic E-state index is 10.5. The third-order valence-electron chi connectivity index (χ3n) is 1.98. The van der Waals surface area contributed by atoms with Crippen LogP contribution < -0.4 is 5.73 Å². The fourth-order valence-electron chi connectivity index (χ4n) is 0.748. The lowest BCUT2D eigenvalue weighted by Gasteiger charge is -2.07. The van der Waals surface area contributed by atoms with Gasteiger partial charge in [0.1, 0.15) is 0 Å². The monoisotopic (exact) mass is 155 g/mol. The van der Waals surface area contributed by atoms with E-state index in [0.29, 0.717) is 11.5 Å². The zero-order valence-corrected chi connectivity index (χ0v) is 7.39. The number of primary amides is 1. The van der Waals surface area contributed by atoms with Crippen LogP contribution in [0.5, 0.6) is 0 Å². The standard InChI is InChI=1S/C9H17NO/c1-4-7(2)5-6-8(3)9(10)11/h7H,3-6H2,1-2H3,(H2,10,11). The molecule has 1 unspecified atom stereocenters. The molecule has 11 heavy (non-hydrogen) atoms. The Balaban J connectivity index is 3.54. The van der Waals surface area contributed by atoms with Crippen molar-refractivity contribution in [2.24, 2.45) is 11.7 Å². The molecule has 64 valence electrons. The Bertz CT molecular complexity index is 152. The van der Waals surface area contributed by atoms with Crippen LogP contribution in [0.2, 0.25) is 0 Å². The number of nitrogens with two attached hydrogens (primary N) is 1. The van der Waals surface area contributed by atoms with Crippen LogP contribution in [0.15, 0.2) is 12.2 Å². The summed E-state index contributed by atoms with van der Waals surface area (Å²) in [4.78, 5) is 10.5. The minimum Gasteiger partial charge on any atom is -0.366 e. The molecule has 0 rings (SSSR count). The Labute approximate surface area is 68.5 Å². The number of rotatable bonds is 5. The highest BCUT2D eigenvalue weighted by Crippen LogP contribution is 2.12. The summed E-state index contributed by atoms with van der Waals surface area (Å²) in [6.45, 7) is 7.88. The predicted molar refractivity (Wildman–Crippen MR) is 47.0 cm³/mol. The van der Waals surface area contributed by atoms with Crippen molar-refractivity contribution in [3.63, 3.8) is 0 Å². The Kier molecular flexibility index (Phi) is 4.59. The molecule has 0 saturated heterocycles. The van der Waals surface area contributed by atoms with Gasteiger partial charge in [-0.15, -0.1) is 0 Å². The topological polar surface area (TPSA) is 43.1 Å². The molecule has 0 aliphatic rings. The van der Waals surface area contributed by atoms with Crippen molar-refractivity contribution in [2.45, 2.75) is 33.1 Å². The second-order valence-electron chi connectivity index (χ2n) is 3.02. The van der Waals surface area contributed by atoms with Crippen molar-refractivity contribution in [3.8, 4) is 0 Å². The quantitative estimate of drug-likeness (QED) is 0.605. The molecule has 0 spiro atoms. The second-order valence-corrected chi connectivity index (χ2v) is 3.02. The van der Waals surface area contributed by atoms with Crippen LogP contribution in [0, 0.1) is 5.92 Å². The largest absolute Gasteiger partial charge is 0.366 e. The summed E-state index contributed by atoms with van der Waals surface area (Å²) < 4.78 is 0. The molecule has 0 bridgehead atoms. The summed E-state index contributed by atoms with van der Waals surface area (Å²) >= 11 is 0. The van der Waals surface area contributed by atoms with E-state index in [4.69, 9.17) is 5.73 Å². The van der Waals surface area contributed by atoms with Gasteiger partial charge in [-0.25, -0.2) is 0 Å². The summed E-state index contributed by atoms with van der Waals surface area (Å²) in [5.41, 5.74) is 5.57. The van der Waals surface area contributed by atoms with Crippen molar-refractivity contribution in [2.75, 3.05) is 0 Å². The Morgan fingerprint density at radius 2 is 2.18 bits per heavy atom. The SMILES string of the molecule is C=C(CCC(C)CC)C(N)=O. The third kappa shape index (κ3) is 4.59. The van der Waals surface area contributed by atoms with Gasteiger partial charge in [0.05, 0.1) is 0 Å². The number of carbonyl (C=O) groups excluding carboxylic acids is 1. The van der Waals surface area contributed by atoms with Gasteiger partial charge in [-0.3, -0.25) is 4.79 Å². The summed E-state index contributed by atoms with van der Waals surface area (Å²) in [5.74, 6) is 0.291. The highest BCUT2D eigenvalue weighted by molar-refractivity contribution is 5.91. The van der Waals surface area contributed by atoms with Gasteiger partial charge in [0.15, 0.2) is 0 Å². The number of hydrogen-bond donors (Lipinski definition) is 1. The molecular weight excluding hydrogens is 138 g/mol. The summed E-state index contributed by atoms with van der Waals surface area (Å²) in [6.07, 6.45) is 2.90. The van der Waals surface area contributed by atoms with E-state index in [-0.39, 0.29) is 5.91 Å². The van der Waals surface area contributed by atoms with Crippen LogP contribution >= 0.6 is 0 Å². The Morgan fingerprint density at radius 1 is 1.64 bits per heavy atom. The molecule has 0 aromatic rings. The highest BCUT2D eigenvalue weighted by Gasteiger charge is 2.03. The predicted octanol–water partition coefficient (Wildman–Crippen LogP) is 1.85. The van der Waals surface area contributed by atoms with Gasteiger partial charge in [-0.05, 0) is 18.8 Å². The Hall–Kier alpha value is -0.790. The molecule has 0 heterocycles. The number of amides is 1. The molecule has 0 aliphatic carbocycles. The van der Waals surface area contributed by atoms with Crippen LogP contribution in [-0.4, -0.2) is 5.91 Å². The summed E-state index contributed by atoms with van der Waals surface area (Å²) in [7, 11) is 0. The van der Waals surface area contributed by atoms with Gasteiger partial charge in [0, 0.05) is 5.57 Å². The molecule has 0 aromatic heterocycles. The number of hydrogen-bond acceptors (Lipinski definition) is 1. The average molecular weight is 155 g/mol. The zero-order valence-electron chi connectivity index (χ0n) is 7.39. The maximum Gasteiger partial charge on any atom is 0.244 e. The van der Waals surface area contributed by atoms with E-state index in [1.807, 2.05) is 0 Å². The smallest absolute Gasteiger partial charge is 0.244 e. The van der Waals surface area contributed by atoms with Crippen LogP contribution in [-0.2, 0) is 4.79 Å². The van der Waals surface area contributed by atoms with Crippen molar-refractivity contribution in [3.05, 3.63) is 12.2 Å². The van der Waals surface area contributed by atoms with Gasteiger partial charge >= 0.3 is 0 Å². The van der Waals surface area contributed by atoms with Crippen LogP contribution in [0.25, 0.3) is 0 Å². The summed E-state index contributed by atoms with van der Waals surface area (Å²) in [6, 6.07) is 0. The lowest BCUT2D eigenvalue weighted by molar-refractivity contribution is -0.114. The van der Waals surface area contributed by atoms with E-state index < -0.39 is 0 Å². The molecule has 2 N–H and O–H groups in total. The van der Waals surface area contributed by atoms with Gasteiger partial charge in [0.25, 0.3) is 0 Å². The van der Waals surface area contributed by atoms with E-state index in [1.165, 1.54) is 0 Å². The molecular formula is C9H17NO. The first-order valence-electron chi connectivity index (χ1n) is 4.05. The molecule has 1 atom stereocenters. The lowest BCUT2D eigenvalue weighted by Crippen LogP contribution is -2.13. The van der Waals surface area contributed by atoms with Crippen LogP contribution in [0.4, 0.5) is 0 Å². The van der Waals surface area contributed by atoms with Gasteiger partial charge in [-0.2, -0.15) is 0 Å². The normalized spacial score (nSPS) is 12.5. The van der Waals surface area contributed by atoms with Crippen LogP contribution in [0.3, 0.4) is 0 Å². The van der Waals surface area contributed by atoms with E-state index in [1.54, 1.807) is 0 Å². The third-order valence-corrected chi connectivity index (χ3v) is 1.98. The van der Waals surface area contributed by atoms with Crippen molar-refractivity contribution in [1.82, 2.24) is 0 Å². The summed E-state index contributed by atoms with van der Waals surface area (Å²) in [5, 5.41) is 0.